The number of hydrogen-bond acceptors (Lipinski definition) is 6. The summed E-state index contributed by atoms with van der Waals surface area (Å²) in [4.78, 5) is 16.7. The third kappa shape index (κ3) is 2130. The second-order valence-corrected chi connectivity index (χ2v) is 0.500. The van der Waals surface area contributed by atoms with E-state index in [9.17, 15) is 0 Å². The van der Waals surface area contributed by atoms with Crippen molar-refractivity contribution < 1.29 is 59.6 Å². The van der Waals surface area contributed by atoms with Crippen molar-refractivity contribution >= 4 is 20.7 Å². The Morgan fingerprint density at radius 2 is 0.800 bits per heavy atom. The minimum Gasteiger partial charge on any atom is -0.652 e. The van der Waals surface area contributed by atoms with Gasteiger partial charge in [-0.3, -0.25) is 0 Å². The molecule has 0 unspecified atom stereocenters. The molecule has 0 aliphatic rings. The number of hydrogen-bond donors (Lipinski definition) is 0. The van der Waals surface area contributed by atoms with Crippen molar-refractivity contribution in [2.75, 3.05) is 0 Å². The van der Waals surface area contributed by atoms with E-state index in [2.05, 4.69) is 0 Å². The molecule has 0 aromatic heterocycles. The van der Waals surface area contributed by atoms with E-state index in [0.717, 1.165) is 0 Å². The van der Waals surface area contributed by atoms with Gasteiger partial charge in [0.2, 0.25) is 0 Å². The molecular formula is C2BNaO6. The monoisotopic (exact) mass is 154 g/mol. The van der Waals surface area contributed by atoms with Crippen LogP contribution in [-0.2, 0) is 0 Å². The van der Waals surface area contributed by atoms with Gasteiger partial charge in [0, 0.05) is 0 Å². The first-order valence-electron chi connectivity index (χ1n) is 1.22. The van der Waals surface area contributed by atoms with Gasteiger partial charge in [-0.1, -0.05) is 0 Å². The van der Waals surface area contributed by atoms with E-state index in [4.69, 9.17) is 30.0 Å². The summed E-state index contributed by atoms with van der Waals surface area (Å²) < 4.78 is 0. The predicted octanol–water partition coefficient (Wildman–Crippen LogP) is -8.27. The van der Waals surface area contributed by atoms with Crippen molar-refractivity contribution in [2.45, 2.75) is 0 Å². The molecule has 0 rings (SSSR count). The molecule has 0 saturated carbocycles. The zero-order chi connectivity index (χ0) is 7.15. The molecule has 10 heavy (non-hydrogen) atoms. The summed E-state index contributed by atoms with van der Waals surface area (Å²) in [5.41, 5.74) is 0. The molecule has 48 valence electrons. The number of rotatable bonds is 0. The Morgan fingerprint density at radius 3 is 0.800 bits per heavy atom. The van der Waals surface area contributed by atoms with Crippen molar-refractivity contribution in [1.29, 1.82) is 0 Å². The molecule has 0 fully saturated rings. The van der Waals surface area contributed by atoms with Crippen LogP contribution in [0, 0.1) is 0 Å². The molecule has 0 bridgehead atoms. The Bertz CT molecular complexity index is 73.7. The van der Waals surface area contributed by atoms with Crippen LogP contribution in [0.3, 0.4) is 0 Å². The van der Waals surface area contributed by atoms with Crippen molar-refractivity contribution in [1.82, 2.24) is 0 Å². The fourth-order valence-corrected chi connectivity index (χ4v) is 0. The maximum absolute atomic E-state index is 8.33. The Hall–Kier alpha value is -0.395. The molecule has 8 heteroatoms. The van der Waals surface area contributed by atoms with Gasteiger partial charge < -0.3 is 30.0 Å². The van der Waals surface area contributed by atoms with Crippen LogP contribution in [-0.4, -0.2) is 20.7 Å². The molecule has 0 N–H and O–H groups in total. The van der Waals surface area contributed by atoms with Gasteiger partial charge in [-0.15, -0.1) is 0 Å². The van der Waals surface area contributed by atoms with Gasteiger partial charge in [0.25, 0.3) is 0 Å². The summed E-state index contributed by atoms with van der Waals surface area (Å²) in [7, 11) is 0. The largest absolute Gasteiger partial charge is 3.00 e. The van der Waals surface area contributed by atoms with Gasteiger partial charge >= 0.3 is 38.0 Å². The summed E-state index contributed by atoms with van der Waals surface area (Å²) in [5.74, 6) is 0. The second kappa shape index (κ2) is 15.8. The quantitative estimate of drug-likeness (QED) is 0.318. The molecule has 0 amide bonds. The van der Waals surface area contributed by atoms with Crippen LogP contribution >= 0.6 is 0 Å². The molecule has 0 aliphatic heterocycles. The zero-order valence-electron chi connectivity index (χ0n) is 5.03. The summed E-state index contributed by atoms with van der Waals surface area (Å²) >= 11 is 0. The third-order valence-electron chi connectivity index (χ3n) is 0. The summed E-state index contributed by atoms with van der Waals surface area (Å²) in [5, 5.41) is 33.3. The van der Waals surface area contributed by atoms with Crippen molar-refractivity contribution in [3.8, 4) is 0 Å². The summed E-state index contributed by atoms with van der Waals surface area (Å²) in [6, 6.07) is 0. The molecule has 0 radical (unpaired) electrons. The van der Waals surface area contributed by atoms with Crippen LogP contribution < -0.4 is 50.0 Å². The predicted molar refractivity (Wildman–Crippen MR) is 16.5 cm³/mol. The smallest absolute Gasteiger partial charge is 0.652 e. The van der Waals surface area contributed by atoms with Crippen LogP contribution in [0.1, 0.15) is 0 Å². The van der Waals surface area contributed by atoms with E-state index in [1.165, 1.54) is 0 Å². The van der Waals surface area contributed by atoms with Crippen LogP contribution in [0.5, 0.6) is 0 Å². The zero-order valence-corrected chi connectivity index (χ0v) is 7.03. The van der Waals surface area contributed by atoms with E-state index < -0.39 is 12.3 Å². The molecule has 0 saturated heterocycles. The third-order valence-corrected chi connectivity index (χ3v) is 0. The maximum Gasteiger partial charge on any atom is 3.00 e. The van der Waals surface area contributed by atoms with Crippen molar-refractivity contribution in [2.24, 2.45) is 0 Å². The van der Waals surface area contributed by atoms with Crippen LogP contribution in [0.2, 0.25) is 0 Å². The molecule has 0 atom stereocenters. The fraction of sp³-hybridized carbons (Fsp3) is 0. The number of carbonyl (C=O) groups excluding carboxylic acids is 2. The molecule has 0 aliphatic carbocycles. The number of carboxylic acid groups (broad SMARTS) is 4. The summed E-state index contributed by atoms with van der Waals surface area (Å²) in [6.07, 6.45) is -4.67. The van der Waals surface area contributed by atoms with Gasteiger partial charge in [0.15, 0.2) is 0 Å². The minimum atomic E-state index is -2.33. The molecule has 0 aromatic carbocycles. The molecular weight excluding hydrogens is 154 g/mol. The van der Waals surface area contributed by atoms with Gasteiger partial charge in [0.05, 0.1) is 0 Å². The minimum absolute atomic E-state index is 0. The molecule has 0 aromatic rings. The average molecular weight is 154 g/mol. The van der Waals surface area contributed by atoms with Gasteiger partial charge in [-0.25, -0.2) is 0 Å². The fourth-order valence-electron chi connectivity index (χ4n) is 0. The first-order chi connectivity index (χ1) is 3.46. The van der Waals surface area contributed by atoms with Gasteiger partial charge in [-0.2, -0.15) is 0 Å². The van der Waals surface area contributed by atoms with Gasteiger partial charge in [-0.05, 0) is 12.3 Å². The first-order valence-corrected chi connectivity index (χ1v) is 1.22. The van der Waals surface area contributed by atoms with Crippen molar-refractivity contribution in [3.63, 3.8) is 0 Å². The molecule has 0 spiro atoms. The van der Waals surface area contributed by atoms with E-state index in [0.29, 0.717) is 0 Å². The molecule has 0 heterocycles. The molecule has 6 nitrogen and oxygen atoms in total. The standard InChI is InChI=1S/2CH2O3.B.Na/c2*2-1(3)4;;/h2*(H2,2,3,4);;/q;;+3;+1/p-4. The summed E-state index contributed by atoms with van der Waals surface area (Å²) in [6.45, 7) is 0. The number of carbonyl (C=O) groups is 2. The van der Waals surface area contributed by atoms with E-state index in [1.807, 2.05) is 0 Å². The van der Waals surface area contributed by atoms with Crippen LogP contribution in [0.15, 0.2) is 0 Å². The Labute approximate surface area is 80.3 Å². The Morgan fingerprint density at radius 1 is 0.800 bits per heavy atom. The topological polar surface area (TPSA) is 126 Å². The van der Waals surface area contributed by atoms with Crippen LogP contribution in [0.25, 0.3) is 0 Å². The van der Waals surface area contributed by atoms with Crippen LogP contribution in [0.4, 0.5) is 9.59 Å². The average Bonchev–Trinajstić information content (AvgIpc) is 1.25. The second-order valence-electron chi connectivity index (χ2n) is 0.500. The normalized spacial score (nSPS) is 4.80. The van der Waals surface area contributed by atoms with E-state index in [-0.39, 0.29) is 38.0 Å². The first kappa shape index (κ1) is 22.6. The van der Waals surface area contributed by atoms with Crippen molar-refractivity contribution in [3.05, 3.63) is 0 Å². The van der Waals surface area contributed by atoms with E-state index in [1.54, 1.807) is 0 Å². The SMILES string of the molecule is O=C([O-])[O-].O=C([O-])[O-].[B+3].[Na+]. The Balaban J connectivity index is -0.0000000300. The Kier molecular flexibility index (Phi) is 35.9. The van der Waals surface area contributed by atoms with E-state index >= 15 is 0 Å². The van der Waals surface area contributed by atoms with Gasteiger partial charge in [0.1, 0.15) is 0 Å². The maximum atomic E-state index is 8.33.